The van der Waals surface area contributed by atoms with Crippen LogP contribution in [0.3, 0.4) is 0 Å². The first kappa shape index (κ1) is 10.2. The maximum absolute atomic E-state index is 10.7. The lowest BCUT2D eigenvalue weighted by atomic mass is 10.1. The highest BCUT2D eigenvalue weighted by atomic mass is 35.5. The Hall–Kier alpha value is -0.860. The number of Topliss-reactive ketones (excluding diaryl/α,β-unsaturated/α-hetero) is 1. The van der Waals surface area contributed by atoms with E-state index in [9.17, 15) is 9.90 Å². The zero-order valence-electron chi connectivity index (χ0n) is 7.33. The van der Waals surface area contributed by atoms with Gasteiger partial charge in [0.1, 0.15) is 6.10 Å². The molecule has 1 N–H and O–H groups in total. The van der Waals surface area contributed by atoms with Crippen molar-refractivity contribution in [3.8, 4) is 0 Å². The third-order valence-electron chi connectivity index (χ3n) is 1.81. The van der Waals surface area contributed by atoms with E-state index in [4.69, 9.17) is 11.6 Å². The summed E-state index contributed by atoms with van der Waals surface area (Å²) in [7, 11) is 0. The minimum absolute atomic E-state index is 0.213. The standard InChI is InChI=1S/C10H11ClO2/c1-7(12)10(13)6-8-2-4-9(11)5-3-8/h2-5,10,13H,6H2,1H3/t10-/m0/s1. The predicted octanol–water partition coefficient (Wildman–Crippen LogP) is 1.83. The molecule has 2 nitrogen and oxygen atoms in total. The molecule has 1 atom stereocenters. The Labute approximate surface area is 82.2 Å². The summed E-state index contributed by atoms with van der Waals surface area (Å²) in [5.74, 6) is -0.213. The zero-order valence-corrected chi connectivity index (χ0v) is 8.08. The number of halogens is 1. The van der Waals surface area contributed by atoms with E-state index >= 15 is 0 Å². The number of benzene rings is 1. The first-order chi connectivity index (χ1) is 6.09. The normalized spacial score (nSPS) is 12.5. The third kappa shape index (κ3) is 3.17. The molecule has 1 aromatic carbocycles. The highest BCUT2D eigenvalue weighted by molar-refractivity contribution is 6.30. The van der Waals surface area contributed by atoms with Crippen LogP contribution >= 0.6 is 11.6 Å². The van der Waals surface area contributed by atoms with Crippen LogP contribution in [0.25, 0.3) is 0 Å². The second-order valence-corrected chi connectivity index (χ2v) is 3.39. The van der Waals surface area contributed by atoms with Crippen molar-refractivity contribution < 1.29 is 9.90 Å². The molecule has 0 unspecified atom stereocenters. The van der Waals surface area contributed by atoms with Gasteiger partial charge in [0.15, 0.2) is 5.78 Å². The molecule has 0 bridgehead atoms. The zero-order chi connectivity index (χ0) is 9.84. The molecule has 70 valence electrons. The Bertz CT molecular complexity index is 292. The Morgan fingerprint density at radius 3 is 2.46 bits per heavy atom. The maximum Gasteiger partial charge on any atom is 0.158 e. The van der Waals surface area contributed by atoms with Crippen LogP contribution in [0, 0.1) is 0 Å². The molecular weight excluding hydrogens is 188 g/mol. The fourth-order valence-electron chi connectivity index (χ4n) is 0.987. The summed E-state index contributed by atoms with van der Waals surface area (Å²) < 4.78 is 0. The van der Waals surface area contributed by atoms with Crippen LogP contribution in [0.4, 0.5) is 0 Å². The first-order valence-corrected chi connectivity index (χ1v) is 4.40. The minimum Gasteiger partial charge on any atom is -0.385 e. The van der Waals surface area contributed by atoms with E-state index < -0.39 is 6.10 Å². The molecule has 1 rings (SSSR count). The molecule has 0 fully saturated rings. The maximum atomic E-state index is 10.7. The monoisotopic (exact) mass is 198 g/mol. The van der Waals surface area contributed by atoms with Gasteiger partial charge in [-0.25, -0.2) is 0 Å². The van der Waals surface area contributed by atoms with Crippen molar-refractivity contribution in [1.29, 1.82) is 0 Å². The van der Waals surface area contributed by atoms with Crippen molar-refractivity contribution in [1.82, 2.24) is 0 Å². The summed E-state index contributed by atoms with van der Waals surface area (Å²) in [5, 5.41) is 9.92. The van der Waals surface area contributed by atoms with Gasteiger partial charge in [-0.1, -0.05) is 23.7 Å². The van der Waals surface area contributed by atoms with E-state index in [-0.39, 0.29) is 5.78 Å². The number of aliphatic hydroxyl groups excluding tert-OH is 1. The average molecular weight is 199 g/mol. The van der Waals surface area contributed by atoms with Gasteiger partial charge in [0.05, 0.1) is 0 Å². The Balaban J connectivity index is 2.64. The number of aliphatic hydroxyl groups is 1. The SMILES string of the molecule is CC(=O)[C@@H](O)Cc1ccc(Cl)cc1. The summed E-state index contributed by atoms with van der Waals surface area (Å²) in [6.45, 7) is 1.38. The molecule has 0 spiro atoms. The number of hydrogen-bond acceptors (Lipinski definition) is 2. The van der Waals surface area contributed by atoms with Crippen molar-refractivity contribution >= 4 is 17.4 Å². The molecule has 0 aliphatic heterocycles. The van der Waals surface area contributed by atoms with E-state index in [0.29, 0.717) is 11.4 Å². The summed E-state index contributed by atoms with van der Waals surface area (Å²) in [6, 6.07) is 7.08. The molecule has 0 aliphatic carbocycles. The summed E-state index contributed by atoms with van der Waals surface area (Å²) >= 11 is 5.68. The van der Waals surface area contributed by atoms with Gasteiger partial charge in [0.2, 0.25) is 0 Å². The van der Waals surface area contributed by atoms with Crippen LogP contribution in [0.15, 0.2) is 24.3 Å². The molecule has 1 aromatic rings. The van der Waals surface area contributed by atoms with Gasteiger partial charge in [-0.2, -0.15) is 0 Å². The second-order valence-electron chi connectivity index (χ2n) is 2.96. The van der Waals surface area contributed by atoms with Crippen LogP contribution in [0.5, 0.6) is 0 Å². The second kappa shape index (κ2) is 4.40. The quantitative estimate of drug-likeness (QED) is 0.805. The van der Waals surface area contributed by atoms with Crippen LogP contribution in [0.1, 0.15) is 12.5 Å². The van der Waals surface area contributed by atoms with Crippen molar-refractivity contribution in [3.05, 3.63) is 34.9 Å². The van der Waals surface area contributed by atoms with Gasteiger partial charge >= 0.3 is 0 Å². The molecule has 0 radical (unpaired) electrons. The van der Waals surface area contributed by atoms with E-state index in [1.54, 1.807) is 24.3 Å². The lowest BCUT2D eigenvalue weighted by molar-refractivity contribution is -0.124. The molecule has 0 saturated heterocycles. The molecule has 0 aromatic heterocycles. The van der Waals surface area contributed by atoms with Gasteiger partial charge in [0.25, 0.3) is 0 Å². The van der Waals surface area contributed by atoms with Gasteiger partial charge in [-0.15, -0.1) is 0 Å². The van der Waals surface area contributed by atoms with Crippen LogP contribution in [0.2, 0.25) is 5.02 Å². The van der Waals surface area contributed by atoms with Gasteiger partial charge in [0, 0.05) is 11.4 Å². The van der Waals surface area contributed by atoms with Crippen molar-refractivity contribution in [2.45, 2.75) is 19.4 Å². The molecule has 3 heteroatoms. The van der Waals surface area contributed by atoms with Gasteiger partial charge < -0.3 is 5.11 Å². The van der Waals surface area contributed by atoms with Crippen LogP contribution in [-0.2, 0) is 11.2 Å². The summed E-state index contributed by atoms with van der Waals surface area (Å²) in [6.07, 6.45) is -0.548. The van der Waals surface area contributed by atoms with Crippen molar-refractivity contribution in [3.63, 3.8) is 0 Å². The highest BCUT2D eigenvalue weighted by Gasteiger charge is 2.09. The van der Waals surface area contributed by atoms with E-state index in [1.165, 1.54) is 6.92 Å². The molecule has 0 saturated carbocycles. The van der Waals surface area contributed by atoms with Crippen LogP contribution < -0.4 is 0 Å². The number of ketones is 1. The van der Waals surface area contributed by atoms with Crippen LogP contribution in [-0.4, -0.2) is 17.0 Å². The van der Waals surface area contributed by atoms with Crippen molar-refractivity contribution in [2.75, 3.05) is 0 Å². The highest BCUT2D eigenvalue weighted by Crippen LogP contribution is 2.11. The van der Waals surface area contributed by atoms with E-state index in [2.05, 4.69) is 0 Å². The molecule has 0 heterocycles. The van der Waals surface area contributed by atoms with Gasteiger partial charge in [-0.3, -0.25) is 4.79 Å². The molecular formula is C10H11ClO2. The Morgan fingerprint density at radius 2 is 2.00 bits per heavy atom. The molecule has 0 amide bonds. The summed E-state index contributed by atoms with van der Waals surface area (Å²) in [5.41, 5.74) is 0.909. The summed E-state index contributed by atoms with van der Waals surface area (Å²) in [4.78, 5) is 10.7. The average Bonchev–Trinajstić information content (AvgIpc) is 2.08. The first-order valence-electron chi connectivity index (χ1n) is 4.02. The third-order valence-corrected chi connectivity index (χ3v) is 2.06. The largest absolute Gasteiger partial charge is 0.385 e. The number of carbonyl (C=O) groups excluding carboxylic acids is 1. The minimum atomic E-state index is -0.902. The van der Waals surface area contributed by atoms with Crippen molar-refractivity contribution in [2.24, 2.45) is 0 Å². The fourth-order valence-corrected chi connectivity index (χ4v) is 1.11. The number of hydrogen-bond donors (Lipinski definition) is 1. The molecule has 13 heavy (non-hydrogen) atoms. The van der Waals surface area contributed by atoms with E-state index in [0.717, 1.165) is 5.56 Å². The Morgan fingerprint density at radius 1 is 1.46 bits per heavy atom. The predicted molar refractivity (Wildman–Crippen MR) is 51.8 cm³/mol. The lowest BCUT2D eigenvalue weighted by Gasteiger charge is -2.06. The number of carbonyl (C=O) groups is 1. The lowest BCUT2D eigenvalue weighted by Crippen LogP contribution is -2.19. The Kier molecular flexibility index (Phi) is 3.46. The van der Waals surface area contributed by atoms with Gasteiger partial charge in [-0.05, 0) is 24.6 Å². The smallest absolute Gasteiger partial charge is 0.158 e. The fraction of sp³-hybridized carbons (Fsp3) is 0.300. The number of rotatable bonds is 3. The topological polar surface area (TPSA) is 37.3 Å². The molecule has 0 aliphatic rings. The van der Waals surface area contributed by atoms with E-state index in [1.807, 2.05) is 0 Å².